The van der Waals surface area contributed by atoms with Crippen LogP contribution in [0.2, 0.25) is 0 Å². The third-order valence-corrected chi connectivity index (χ3v) is 2.61. The number of ether oxygens (including phenoxy) is 2. The van der Waals surface area contributed by atoms with Crippen molar-refractivity contribution in [3.05, 3.63) is 18.1 Å². The standard InChI is InChI=1S/C13H23N3O2/c1-4-7-14-11(6-10-18-5-2)12-13(17-3)16-9-8-15-12/h8-9,11,14H,4-7,10H2,1-3H3. The summed E-state index contributed by atoms with van der Waals surface area (Å²) in [5.41, 5.74) is 0.855. The van der Waals surface area contributed by atoms with Gasteiger partial charge in [-0.2, -0.15) is 0 Å². The fraction of sp³-hybridized carbons (Fsp3) is 0.692. The quantitative estimate of drug-likeness (QED) is 0.682. The molecular weight excluding hydrogens is 230 g/mol. The molecule has 0 aliphatic heterocycles. The molecule has 0 spiro atoms. The van der Waals surface area contributed by atoms with Gasteiger partial charge in [0.25, 0.3) is 0 Å². The molecule has 102 valence electrons. The van der Waals surface area contributed by atoms with Gasteiger partial charge in [-0.05, 0) is 26.3 Å². The van der Waals surface area contributed by atoms with E-state index in [2.05, 4.69) is 22.2 Å². The number of hydrogen-bond acceptors (Lipinski definition) is 5. The molecule has 18 heavy (non-hydrogen) atoms. The van der Waals surface area contributed by atoms with Gasteiger partial charge in [-0.25, -0.2) is 4.98 Å². The molecule has 1 N–H and O–H groups in total. The summed E-state index contributed by atoms with van der Waals surface area (Å²) in [6.07, 6.45) is 5.28. The van der Waals surface area contributed by atoms with Crippen molar-refractivity contribution < 1.29 is 9.47 Å². The molecule has 0 amide bonds. The van der Waals surface area contributed by atoms with Crippen LogP contribution < -0.4 is 10.1 Å². The van der Waals surface area contributed by atoms with Gasteiger partial charge >= 0.3 is 0 Å². The number of nitrogens with one attached hydrogen (secondary N) is 1. The average Bonchev–Trinajstić information content (AvgIpc) is 2.42. The lowest BCUT2D eigenvalue weighted by Gasteiger charge is -2.19. The molecule has 0 aliphatic carbocycles. The van der Waals surface area contributed by atoms with Gasteiger partial charge in [-0.1, -0.05) is 6.92 Å². The lowest BCUT2D eigenvalue weighted by Crippen LogP contribution is -2.25. The van der Waals surface area contributed by atoms with Crippen molar-refractivity contribution in [1.82, 2.24) is 15.3 Å². The second-order valence-corrected chi connectivity index (χ2v) is 3.94. The number of hydrogen-bond donors (Lipinski definition) is 1. The average molecular weight is 253 g/mol. The Kier molecular flexibility index (Phi) is 7.29. The maximum Gasteiger partial charge on any atom is 0.236 e. The molecule has 0 fully saturated rings. The van der Waals surface area contributed by atoms with E-state index in [0.29, 0.717) is 12.5 Å². The number of rotatable bonds is 9. The predicted molar refractivity (Wildman–Crippen MR) is 70.7 cm³/mol. The largest absolute Gasteiger partial charge is 0.480 e. The maximum atomic E-state index is 5.41. The van der Waals surface area contributed by atoms with Crippen LogP contribution in [0, 0.1) is 0 Å². The summed E-state index contributed by atoms with van der Waals surface area (Å²) in [5, 5.41) is 3.46. The summed E-state index contributed by atoms with van der Waals surface area (Å²) in [7, 11) is 1.62. The first-order chi connectivity index (χ1) is 8.83. The minimum Gasteiger partial charge on any atom is -0.480 e. The van der Waals surface area contributed by atoms with Crippen molar-refractivity contribution in [2.45, 2.75) is 32.7 Å². The Morgan fingerprint density at radius 1 is 1.28 bits per heavy atom. The zero-order chi connectivity index (χ0) is 13.2. The molecule has 1 aromatic rings. The zero-order valence-electron chi connectivity index (χ0n) is 11.5. The molecular formula is C13H23N3O2. The fourth-order valence-electron chi connectivity index (χ4n) is 1.73. The van der Waals surface area contributed by atoms with Crippen LogP contribution in [0.5, 0.6) is 5.88 Å². The van der Waals surface area contributed by atoms with E-state index in [-0.39, 0.29) is 6.04 Å². The molecule has 0 radical (unpaired) electrons. The highest BCUT2D eigenvalue weighted by Crippen LogP contribution is 2.22. The van der Waals surface area contributed by atoms with E-state index in [0.717, 1.165) is 31.7 Å². The monoisotopic (exact) mass is 253 g/mol. The summed E-state index contributed by atoms with van der Waals surface area (Å²) in [4.78, 5) is 8.56. The minimum atomic E-state index is 0.125. The van der Waals surface area contributed by atoms with Crippen molar-refractivity contribution in [1.29, 1.82) is 0 Å². The van der Waals surface area contributed by atoms with E-state index in [1.807, 2.05) is 6.92 Å². The highest BCUT2D eigenvalue weighted by atomic mass is 16.5. The molecule has 1 heterocycles. The lowest BCUT2D eigenvalue weighted by molar-refractivity contribution is 0.135. The normalized spacial score (nSPS) is 12.4. The molecule has 0 saturated heterocycles. The molecule has 1 aromatic heterocycles. The molecule has 0 bridgehead atoms. The van der Waals surface area contributed by atoms with Gasteiger partial charge in [0.15, 0.2) is 0 Å². The lowest BCUT2D eigenvalue weighted by atomic mass is 10.1. The summed E-state index contributed by atoms with van der Waals surface area (Å²) in [6.45, 7) is 6.52. The summed E-state index contributed by atoms with van der Waals surface area (Å²) in [5.74, 6) is 0.586. The third-order valence-electron chi connectivity index (χ3n) is 2.61. The first-order valence-corrected chi connectivity index (χ1v) is 6.49. The Morgan fingerprint density at radius 3 is 2.72 bits per heavy atom. The molecule has 1 unspecified atom stereocenters. The maximum absolute atomic E-state index is 5.41. The number of nitrogens with zero attached hydrogens (tertiary/aromatic N) is 2. The van der Waals surface area contributed by atoms with Crippen molar-refractivity contribution in [2.75, 3.05) is 26.9 Å². The van der Waals surface area contributed by atoms with E-state index >= 15 is 0 Å². The van der Waals surface area contributed by atoms with Crippen LogP contribution in [0.15, 0.2) is 12.4 Å². The van der Waals surface area contributed by atoms with E-state index < -0.39 is 0 Å². The third kappa shape index (κ3) is 4.58. The topological polar surface area (TPSA) is 56.3 Å². The first-order valence-electron chi connectivity index (χ1n) is 6.49. The van der Waals surface area contributed by atoms with E-state index in [4.69, 9.17) is 9.47 Å². The Balaban J connectivity index is 2.72. The van der Waals surface area contributed by atoms with Gasteiger partial charge < -0.3 is 14.8 Å². The summed E-state index contributed by atoms with van der Waals surface area (Å²) >= 11 is 0. The zero-order valence-corrected chi connectivity index (χ0v) is 11.5. The van der Waals surface area contributed by atoms with Crippen molar-refractivity contribution in [3.63, 3.8) is 0 Å². The molecule has 1 atom stereocenters. The SMILES string of the molecule is CCCNC(CCOCC)c1nccnc1OC. The van der Waals surface area contributed by atoms with Crippen LogP contribution in [0.3, 0.4) is 0 Å². The Labute approximate surface area is 109 Å². The Bertz CT molecular complexity index is 334. The molecule has 0 aromatic carbocycles. The van der Waals surface area contributed by atoms with Crippen LogP contribution in [0.1, 0.15) is 38.4 Å². The van der Waals surface area contributed by atoms with Crippen LogP contribution in [0.25, 0.3) is 0 Å². The highest BCUT2D eigenvalue weighted by molar-refractivity contribution is 5.21. The van der Waals surface area contributed by atoms with Crippen molar-refractivity contribution in [2.24, 2.45) is 0 Å². The van der Waals surface area contributed by atoms with Gasteiger partial charge in [0, 0.05) is 25.6 Å². The predicted octanol–water partition coefficient (Wildman–Crippen LogP) is 1.95. The van der Waals surface area contributed by atoms with Crippen LogP contribution >= 0.6 is 0 Å². The number of methoxy groups -OCH3 is 1. The Morgan fingerprint density at radius 2 is 2.06 bits per heavy atom. The smallest absolute Gasteiger partial charge is 0.236 e. The van der Waals surface area contributed by atoms with Gasteiger partial charge in [0.05, 0.1) is 13.2 Å². The van der Waals surface area contributed by atoms with Gasteiger partial charge in [0.1, 0.15) is 5.69 Å². The minimum absolute atomic E-state index is 0.125. The first kappa shape index (κ1) is 14.9. The molecule has 0 saturated carbocycles. The van der Waals surface area contributed by atoms with Gasteiger partial charge in [-0.3, -0.25) is 4.98 Å². The highest BCUT2D eigenvalue weighted by Gasteiger charge is 2.17. The molecule has 5 heteroatoms. The second-order valence-electron chi connectivity index (χ2n) is 3.94. The Hall–Kier alpha value is -1.20. The second kappa shape index (κ2) is 8.83. The number of aromatic nitrogens is 2. The van der Waals surface area contributed by atoms with Gasteiger partial charge in [-0.15, -0.1) is 0 Å². The van der Waals surface area contributed by atoms with E-state index in [1.165, 1.54) is 0 Å². The fourth-order valence-corrected chi connectivity index (χ4v) is 1.73. The molecule has 5 nitrogen and oxygen atoms in total. The van der Waals surface area contributed by atoms with Crippen LogP contribution in [0.4, 0.5) is 0 Å². The van der Waals surface area contributed by atoms with Crippen molar-refractivity contribution >= 4 is 0 Å². The van der Waals surface area contributed by atoms with E-state index in [9.17, 15) is 0 Å². The van der Waals surface area contributed by atoms with Crippen LogP contribution in [-0.4, -0.2) is 36.8 Å². The van der Waals surface area contributed by atoms with Gasteiger partial charge in [0.2, 0.25) is 5.88 Å². The van der Waals surface area contributed by atoms with Crippen molar-refractivity contribution in [3.8, 4) is 5.88 Å². The summed E-state index contributed by atoms with van der Waals surface area (Å²) < 4.78 is 10.7. The summed E-state index contributed by atoms with van der Waals surface area (Å²) in [6, 6.07) is 0.125. The van der Waals surface area contributed by atoms with E-state index in [1.54, 1.807) is 19.5 Å². The van der Waals surface area contributed by atoms with Crippen LogP contribution in [-0.2, 0) is 4.74 Å². The molecule has 0 aliphatic rings. The molecule has 1 rings (SSSR count).